The predicted molar refractivity (Wildman–Crippen MR) is 104 cm³/mol. The van der Waals surface area contributed by atoms with Crippen LogP contribution in [-0.2, 0) is 0 Å². The third kappa shape index (κ3) is 2.83. The molecule has 1 aliphatic rings. The molecule has 0 saturated carbocycles. The largest absolute Gasteiger partial charge is 0.0795 e. The van der Waals surface area contributed by atoms with E-state index in [0.29, 0.717) is 0 Å². The predicted octanol–water partition coefficient (Wildman–Crippen LogP) is 6.53. The summed E-state index contributed by atoms with van der Waals surface area (Å²) in [5.41, 5.74) is 9.26. The molecule has 0 bridgehead atoms. The van der Waals surface area contributed by atoms with Gasteiger partial charge in [0.1, 0.15) is 0 Å². The van der Waals surface area contributed by atoms with E-state index in [0.717, 1.165) is 6.42 Å². The van der Waals surface area contributed by atoms with E-state index in [1.54, 1.807) is 0 Å². The van der Waals surface area contributed by atoms with Crippen LogP contribution in [0.15, 0.2) is 91.0 Å². The summed E-state index contributed by atoms with van der Waals surface area (Å²) in [6.45, 7) is 2.18. The maximum Gasteiger partial charge on any atom is -0.00820 e. The van der Waals surface area contributed by atoms with Gasteiger partial charge in [-0.3, -0.25) is 0 Å². The Morgan fingerprint density at radius 3 is 1.96 bits per heavy atom. The first kappa shape index (κ1) is 14.7. The fourth-order valence-corrected chi connectivity index (χ4v) is 3.42. The first-order chi connectivity index (χ1) is 11.8. The number of hydrogen-bond donors (Lipinski definition) is 0. The molecule has 0 N–H and O–H groups in total. The standard InChI is InChI=1S/C24H20/c1-18-15-21(19-9-4-2-5-10-19)17-22(16-18)24-14-8-13-23(24)20-11-6-3-7-12-20/h2-13,15-17H,14H2,1H3. The summed E-state index contributed by atoms with van der Waals surface area (Å²) in [5.74, 6) is 0. The highest BCUT2D eigenvalue weighted by Gasteiger charge is 2.14. The highest BCUT2D eigenvalue weighted by Crippen LogP contribution is 2.37. The van der Waals surface area contributed by atoms with Crippen LogP contribution in [0, 0.1) is 6.92 Å². The summed E-state index contributed by atoms with van der Waals surface area (Å²) >= 11 is 0. The van der Waals surface area contributed by atoms with Gasteiger partial charge in [-0.2, -0.15) is 0 Å². The van der Waals surface area contributed by atoms with Gasteiger partial charge in [0.15, 0.2) is 0 Å². The van der Waals surface area contributed by atoms with Crippen LogP contribution in [0.3, 0.4) is 0 Å². The van der Waals surface area contributed by atoms with Gasteiger partial charge in [0.25, 0.3) is 0 Å². The zero-order chi connectivity index (χ0) is 16.4. The highest BCUT2D eigenvalue weighted by atomic mass is 14.2. The van der Waals surface area contributed by atoms with Crippen LogP contribution in [0.4, 0.5) is 0 Å². The summed E-state index contributed by atoms with van der Waals surface area (Å²) < 4.78 is 0. The first-order valence-electron chi connectivity index (χ1n) is 8.44. The second kappa shape index (κ2) is 6.33. The average Bonchev–Trinajstić information content (AvgIpc) is 3.12. The van der Waals surface area contributed by atoms with E-state index in [1.165, 1.54) is 39.0 Å². The Labute approximate surface area is 143 Å². The molecule has 0 fully saturated rings. The Morgan fingerprint density at radius 1 is 0.625 bits per heavy atom. The van der Waals surface area contributed by atoms with E-state index in [2.05, 4.69) is 97.9 Å². The maximum absolute atomic E-state index is 2.33. The fourth-order valence-electron chi connectivity index (χ4n) is 3.42. The third-order valence-corrected chi connectivity index (χ3v) is 4.55. The van der Waals surface area contributed by atoms with Gasteiger partial charge in [-0.1, -0.05) is 84.9 Å². The van der Waals surface area contributed by atoms with Crippen molar-refractivity contribution in [2.45, 2.75) is 13.3 Å². The third-order valence-electron chi connectivity index (χ3n) is 4.55. The van der Waals surface area contributed by atoms with Crippen molar-refractivity contribution in [2.24, 2.45) is 0 Å². The molecule has 0 heterocycles. The molecule has 0 saturated heterocycles. The van der Waals surface area contributed by atoms with E-state index in [9.17, 15) is 0 Å². The van der Waals surface area contributed by atoms with Crippen molar-refractivity contribution in [1.29, 1.82) is 0 Å². The first-order valence-corrected chi connectivity index (χ1v) is 8.44. The van der Waals surface area contributed by atoms with Crippen LogP contribution in [0.1, 0.15) is 23.1 Å². The minimum Gasteiger partial charge on any atom is -0.0795 e. The van der Waals surface area contributed by atoms with E-state index in [1.807, 2.05) is 0 Å². The second-order valence-electron chi connectivity index (χ2n) is 6.32. The van der Waals surface area contributed by atoms with Crippen molar-refractivity contribution in [3.63, 3.8) is 0 Å². The van der Waals surface area contributed by atoms with Crippen LogP contribution in [0.25, 0.3) is 22.3 Å². The number of benzene rings is 3. The molecule has 116 valence electrons. The van der Waals surface area contributed by atoms with Crippen LogP contribution < -0.4 is 0 Å². The van der Waals surface area contributed by atoms with Gasteiger partial charge in [0.05, 0.1) is 0 Å². The lowest BCUT2D eigenvalue weighted by atomic mass is 9.92. The Hall–Kier alpha value is -2.86. The Balaban J connectivity index is 1.84. The second-order valence-corrected chi connectivity index (χ2v) is 6.32. The molecule has 0 nitrogen and oxygen atoms in total. The molecule has 3 aromatic carbocycles. The molecule has 0 aliphatic heterocycles. The molecular weight excluding hydrogens is 288 g/mol. The summed E-state index contributed by atoms with van der Waals surface area (Å²) in [6, 6.07) is 28.2. The molecule has 0 spiro atoms. The van der Waals surface area contributed by atoms with Crippen molar-refractivity contribution in [1.82, 2.24) is 0 Å². The number of aryl methyl sites for hydroxylation is 1. The van der Waals surface area contributed by atoms with Crippen LogP contribution in [0.5, 0.6) is 0 Å². The maximum atomic E-state index is 2.33. The van der Waals surface area contributed by atoms with Gasteiger partial charge >= 0.3 is 0 Å². The van der Waals surface area contributed by atoms with Crippen LogP contribution >= 0.6 is 0 Å². The van der Waals surface area contributed by atoms with Crippen molar-refractivity contribution >= 4 is 11.1 Å². The fraction of sp³-hybridized carbons (Fsp3) is 0.0833. The smallest absolute Gasteiger partial charge is 0.00820 e. The summed E-state index contributed by atoms with van der Waals surface area (Å²) in [4.78, 5) is 0. The Kier molecular flexibility index (Phi) is 3.88. The summed E-state index contributed by atoms with van der Waals surface area (Å²) in [5, 5.41) is 0. The van der Waals surface area contributed by atoms with Crippen molar-refractivity contribution < 1.29 is 0 Å². The van der Waals surface area contributed by atoms with E-state index in [4.69, 9.17) is 0 Å². The normalized spacial score (nSPS) is 13.5. The molecule has 0 unspecified atom stereocenters. The summed E-state index contributed by atoms with van der Waals surface area (Å²) in [6.07, 6.45) is 5.53. The zero-order valence-electron chi connectivity index (χ0n) is 13.9. The SMILES string of the molecule is Cc1cc(C2=C(c3ccccc3)C=CC2)cc(-c2ccccc2)c1. The van der Waals surface area contributed by atoms with Gasteiger partial charge in [-0.15, -0.1) is 0 Å². The zero-order valence-corrected chi connectivity index (χ0v) is 13.9. The number of hydrogen-bond acceptors (Lipinski definition) is 0. The topological polar surface area (TPSA) is 0 Å². The lowest BCUT2D eigenvalue weighted by Crippen LogP contribution is -1.90. The average molecular weight is 308 g/mol. The van der Waals surface area contributed by atoms with Crippen molar-refractivity contribution in [2.75, 3.05) is 0 Å². The molecule has 4 rings (SSSR count). The van der Waals surface area contributed by atoms with E-state index in [-0.39, 0.29) is 0 Å². The molecule has 1 aliphatic carbocycles. The molecular formula is C24H20. The van der Waals surface area contributed by atoms with Crippen molar-refractivity contribution in [3.8, 4) is 11.1 Å². The molecule has 0 amide bonds. The molecule has 3 aromatic rings. The van der Waals surface area contributed by atoms with Gasteiger partial charge in [0.2, 0.25) is 0 Å². The Morgan fingerprint density at radius 2 is 1.25 bits per heavy atom. The van der Waals surface area contributed by atoms with Gasteiger partial charge < -0.3 is 0 Å². The van der Waals surface area contributed by atoms with Crippen LogP contribution in [-0.4, -0.2) is 0 Å². The number of rotatable bonds is 3. The molecule has 0 atom stereocenters. The Bertz CT molecular complexity index is 913. The van der Waals surface area contributed by atoms with Crippen molar-refractivity contribution in [3.05, 3.63) is 108 Å². The molecule has 0 heteroatoms. The van der Waals surface area contributed by atoms with Crippen LogP contribution in [0.2, 0.25) is 0 Å². The van der Waals surface area contributed by atoms with Gasteiger partial charge in [-0.05, 0) is 58.4 Å². The highest BCUT2D eigenvalue weighted by molar-refractivity contribution is 5.99. The minimum atomic E-state index is 1.00. The number of allylic oxidation sites excluding steroid dienone is 4. The molecule has 0 radical (unpaired) electrons. The molecule has 0 aromatic heterocycles. The monoisotopic (exact) mass is 308 g/mol. The lowest BCUT2D eigenvalue weighted by Gasteiger charge is -2.12. The lowest BCUT2D eigenvalue weighted by molar-refractivity contribution is 1.39. The van der Waals surface area contributed by atoms with Gasteiger partial charge in [-0.25, -0.2) is 0 Å². The minimum absolute atomic E-state index is 1.00. The quantitative estimate of drug-likeness (QED) is 0.516. The summed E-state index contributed by atoms with van der Waals surface area (Å²) in [7, 11) is 0. The van der Waals surface area contributed by atoms with E-state index >= 15 is 0 Å². The molecule has 24 heavy (non-hydrogen) atoms. The van der Waals surface area contributed by atoms with Gasteiger partial charge in [0, 0.05) is 0 Å². The van der Waals surface area contributed by atoms with E-state index < -0.39 is 0 Å².